The van der Waals surface area contributed by atoms with E-state index < -0.39 is 5.82 Å². The molecular formula is C28H29FN4O. The number of nitrogens with one attached hydrogen (secondary N) is 3. The molecule has 3 N–H and O–H groups in total. The number of aliphatic imine (C=N–C) groups is 1. The van der Waals surface area contributed by atoms with Gasteiger partial charge in [-0.1, -0.05) is 42.5 Å². The van der Waals surface area contributed by atoms with E-state index in [1.807, 2.05) is 49.5 Å². The Morgan fingerprint density at radius 2 is 1.91 bits per heavy atom. The first kappa shape index (κ1) is 23.1. The third-order valence-corrected chi connectivity index (χ3v) is 5.94. The minimum atomic E-state index is -0.437. The molecule has 0 aliphatic rings. The Bertz CT molecular complexity index is 1360. The number of anilines is 2. The summed E-state index contributed by atoms with van der Waals surface area (Å²) in [7, 11) is 1.47. The van der Waals surface area contributed by atoms with E-state index in [0.717, 1.165) is 28.9 Å². The molecule has 0 unspecified atom stereocenters. The predicted molar refractivity (Wildman–Crippen MR) is 141 cm³/mol. The highest BCUT2D eigenvalue weighted by Crippen LogP contribution is 2.36. The fourth-order valence-electron chi connectivity index (χ4n) is 4.17. The van der Waals surface area contributed by atoms with Crippen molar-refractivity contribution in [1.29, 1.82) is 0 Å². The molecule has 6 heteroatoms. The second-order valence-corrected chi connectivity index (χ2v) is 8.00. The van der Waals surface area contributed by atoms with Gasteiger partial charge in [-0.3, -0.25) is 4.99 Å². The van der Waals surface area contributed by atoms with Gasteiger partial charge in [-0.05, 0) is 56.3 Å². The second-order valence-electron chi connectivity index (χ2n) is 8.00. The topological polar surface area (TPSA) is 61.4 Å². The van der Waals surface area contributed by atoms with Gasteiger partial charge in [-0.2, -0.15) is 0 Å². The molecule has 5 nitrogen and oxygen atoms in total. The zero-order valence-electron chi connectivity index (χ0n) is 19.7. The molecule has 0 aliphatic heterocycles. The van der Waals surface area contributed by atoms with Gasteiger partial charge in [0.2, 0.25) is 0 Å². The van der Waals surface area contributed by atoms with E-state index in [-0.39, 0.29) is 5.75 Å². The van der Waals surface area contributed by atoms with Crippen molar-refractivity contribution in [3.05, 3.63) is 89.4 Å². The Morgan fingerprint density at radius 3 is 2.68 bits per heavy atom. The van der Waals surface area contributed by atoms with Gasteiger partial charge >= 0.3 is 0 Å². The van der Waals surface area contributed by atoms with E-state index >= 15 is 4.39 Å². The lowest BCUT2D eigenvalue weighted by Crippen LogP contribution is -2.08. The van der Waals surface area contributed by atoms with Gasteiger partial charge in [0.15, 0.2) is 11.6 Å². The summed E-state index contributed by atoms with van der Waals surface area (Å²) in [4.78, 5) is 7.43. The average molecular weight is 457 g/mol. The van der Waals surface area contributed by atoms with Crippen LogP contribution in [-0.4, -0.2) is 25.4 Å². The van der Waals surface area contributed by atoms with Crippen LogP contribution >= 0.6 is 0 Å². The lowest BCUT2D eigenvalue weighted by atomic mass is 10.1. The molecule has 34 heavy (non-hydrogen) atoms. The standard InChI is InChI=1S/C28H29FN4O/c1-5-22(21-10-6-7-12-23(21)30-3)33-25-14-13-24(26(29)28(25)34-4)31-16-15-19-17-32-27-18(2)9-8-11-20(19)27/h5-14,17,31-33H,3,15-16H2,1-2,4H3/b22-5+. The summed E-state index contributed by atoms with van der Waals surface area (Å²) in [5.41, 5.74) is 6.89. The molecule has 0 saturated heterocycles. The molecule has 0 aliphatic carbocycles. The normalized spacial score (nSPS) is 11.5. The number of H-pyrrole nitrogens is 1. The van der Waals surface area contributed by atoms with Gasteiger partial charge in [0.25, 0.3) is 0 Å². The molecule has 0 atom stereocenters. The van der Waals surface area contributed by atoms with Crippen LogP contribution in [0.4, 0.5) is 21.5 Å². The van der Waals surface area contributed by atoms with E-state index in [1.165, 1.54) is 23.6 Å². The van der Waals surface area contributed by atoms with Crippen molar-refractivity contribution in [2.24, 2.45) is 4.99 Å². The number of para-hydroxylation sites is 2. The van der Waals surface area contributed by atoms with Crippen LogP contribution < -0.4 is 15.4 Å². The summed E-state index contributed by atoms with van der Waals surface area (Å²) in [6, 6.07) is 17.4. The highest BCUT2D eigenvalue weighted by molar-refractivity contribution is 5.86. The van der Waals surface area contributed by atoms with E-state index in [1.54, 1.807) is 6.07 Å². The molecule has 1 aromatic heterocycles. The average Bonchev–Trinajstić information content (AvgIpc) is 3.28. The summed E-state index contributed by atoms with van der Waals surface area (Å²) < 4.78 is 20.8. The second kappa shape index (κ2) is 10.3. The Morgan fingerprint density at radius 1 is 1.12 bits per heavy atom. The van der Waals surface area contributed by atoms with E-state index in [4.69, 9.17) is 4.74 Å². The molecule has 0 saturated carbocycles. The van der Waals surface area contributed by atoms with Crippen LogP contribution in [0.5, 0.6) is 5.75 Å². The molecule has 3 aromatic carbocycles. The fourth-order valence-corrected chi connectivity index (χ4v) is 4.17. The number of allylic oxidation sites excluding steroid dienone is 1. The first-order valence-corrected chi connectivity index (χ1v) is 11.2. The zero-order chi connectivity index (χ0) is 24.1. The maximum Gasteiger partial charge on any atom is 0.190 e. The molecule has 0 amide bonds. The van der Waals surface area contributed by atoms with Gasteiger partial charge in [0, 0.05) is 34.9 Å². The van der Waals surface area contributed by atoms with Crippen LogP contribution in [0.1, 0.15) is 23.6 Å². The predicted octanol–water partition coefficient (Wildman–Crippen LogP) is 7.08. The Labute approximate surface area is 199 Å². The Balaban J connectivity index is 1.51. The van der Waals surface area contributed by atoms with Crippen LogP contribution in [0.2, 0.25) is 0 Å². The van der Waals surface area contributed by atoms with Crippen LogP contribution in [-0.2, 0) is 6.42 Å². The lowest BCUT2D eigenvalue weighted by molar-refractivity contribution is 0.389. The van der Waals surface area contributed by atoms with Crippen molar-refractivity contribution < 1.29 is 9.13 Å². The Kier molecular flexibility index (Phi) is 6.97. The molecule has 1 heterocycles. The van der Waals surface area contributed by atoms with Gasteiger partial charge in [-0.15, -0.1) is 0 Å². The van der Waals surface area contributed by atoms with Gasteiger partial charge in [-0.25, -0.2) is 4.39 Å². The van der Waals surface area contributed by atoms with E-state index in [2.05, 4.69) is 52.5 Å². The van der Waals surface area contributed by atoms with Crippen molar-refractivity contribution in [3.63, 3.8) is 0 Å². The third kappa shape index (κ3) is 4.53. The van der Waals surface area contributed by atoms with Crippen molar-refractivity contribution in [1.82, 2.24) is 4.98 Å². The monoisotopic (exact) mass is 456 g/mol. The molecule has 0 radical (unpaired) electrons. The number of fused-ring (bicyclic) bond motifs is 1. The summed E-state index contributed by atoms with van der Waals surface area (Å²) in [6.07, 6.45) is 4.70. The summed E-state index contributed by atoms with van der Waals surface area (Å²) in [5.74, 6) is -0.288. The molecule has 4 aromatic rings. The summed E-state index contributed by atoms with van der Waals surface area (Å²) >= 11 is 0. The molecule has 0 fully saturated rings. The third-order valence-electron chi connectivity index (χ3n) is 5.94. The zero-order valence-corrected chi connectivity index (χ0v) is 19.7. The molecule has 174 valence electrons. The molecule has 0 spiro atoms. The first-order chi connectivity index (χ1) is 16.6. The number of aromatic amines is 1. The number of aromatic nitrogens is 1. The number of aryl methyl sites for hydroxylation is 1. The fraction of sp³-hybridized carbons (Fsp3) is 0.179. The summed E-state index contributed by atoms with van der Waals surface area (Å²) in [5, 5.41) is 7.70. The van der Waals surface area contributed by atoms with Gasteiger partial charge < -0.3 is 20.4 Å². The van der Waals surface area contributed by atoms with Gasteiger partial charge in [0.05, 0.1) is 24.2 Å². The molecule has 4 rings (SSSR count). The van der Waals surface area contributed by atoms with Crippen molar-refractivity contribution in [2.75, 3.05) is 24.3 Å². The van der Waals surface area contributed by atoms with Crippen LogP contribution in [0.15, 0.2) is 71.9 Å². The van der Waals surface area contributed by atoms with Crippen molar-refractivity contribution >= 4 is 40.4 Å². The van der Waals surface area contributed by atoms with E-state index in [0.29, 0.717) is 17.9 Å². The van der Waals surface area contributed by atoms with Crippen LogP contribution in [0.3, 0.4) is 0 Å². The number of rotatable bonds is 9. The van der Waals surface area contributed by atoms with E-state index in [9.17, 15) is 0 Å². The largest absolute Gasteiger partial charge is 0.492 e. The number of ether oxygens (including phenoxy) is 1. The Hall–Kier alpha value is -4.06. The number of hydrogen-bond donors (Lipinski definition) is 3. The number of hydrogen-bond acceptors (Lipinski definition) is 4. The summed E-state index contributed by atoms with van der Waals surface area (Å²) in [6.45, 7) is 8.23. The van der Waals surface area contributed by atoms with Gasteiger partial charge in [0.1, 0.15) is 0 Å². The maximum atomic E-state index is 15.3. The highest BCUT2D eigenvalue weighted by Gasteiger charge is 2.16. The smallest absolute Gasteiger partial charge is 0.190 e. The molecular weight excluding hydrogens is 427 g/mol. The van der Waals surface area contributed by atoms with Crippen molar-refractivity contribution in [2.45, 2.75) is 20.3 Å². The molecule has 0 bridgehead atoms. The highest BCUT2D eigenvalue weighted by atomic mass is 19.1. The maximum absolute atomic E-state index is 15.3. The number of methoxy groups -OCH3 is 1. The number of nitrogens with zero attached hydrogens (tertiary/aromatic N) is 1. The van der Waals surface area contributed by atoms with Crippen LogP contribution in [0, 0.1) is 12.7 Å². The quantitative estimate of drug-likeness (QED) is 0.236. The number of halogens is 1. The minimum absolute atomic E-state index is 0.149. The number of benzene rings is 3. The first-order valence-electron chi connectivity index (χ1n) is 11.2. The minimum Gasteiger partial charge on any atom is -0.492 e. The van der Waals surface area contributed by atoms with Crippen molar-refractivity contribution in [3.8, 4) is 5.75 Å². The SMILES string of the molecule is C=Nc1ccccc1/C(=C\C)Nc1ccc(NCCc2c[nH]c3c(C)cccc23)c(F)c1OC. The lowest BCUT2D eigenvalue weighted by Gasteiger charge is -2.18. The van der Waals surface area contributed by atoms with Crippen LogP contribution in [0.25, 0.3) is 16.6 Å².